The van der Waals surface area contributed by atoms with E-state index < -0.39 is 0 Å². The van der Waals surface area contributed by atoms with Crippen molar-refractivity contribution in [1.29, 1.82) is 0 Å². The molecule has 0 aromatic heterocycles. The second kappa shape index (κ2) is 93.2. The smallest absolute Gasteiger partial charge is 0.308 e. The van der Waals surface area contributed by atoms with Crippen molar-refractivity contribution in [2.75, 3.05) is 78.9 Å². The molecule has 0 heterocycles. The van der Waals surface area contributed by atoms with Gasteiger partial charge in [-0.15, -0.1) is 0 Å². The normalized spacial score (nSPS) is 12.7. The van der Waals surface area contributed by atoms with E-state index in [1.54, 1.807) is 0 Å². The third kappa shape index (κ3) is 79.9. The number of unbranched alkanes of at least 4 members (excludes halogenated alkanes) is 49. The predicted molar refractivity (Wildman–Crippen MR) is 478 cm³/mol. The lowest BCUT2D eigenvalue weighted by atomic mass is 9.94. The Morgan fingerprint density at radius 1 is 0.189 bits per heavy atom. The van der Waals surface area contributed by atoms with Gasteiger partial charge in [-0.05, 0) is 174 Å². The number of hydrogen-bond acceptors (Lipinski definition) is 12. The fourth-order valence-corrected chi connectivity index (χ4v) is 15.9. The number of carbonyl (C=O) groups excluding carboxylic acids is 4. The van der Waals surface area contributed by atoms with Crippen molar-refractivity contribution in [2.24, 2.45) is 23.7 Å². The molecule has 12 nitrogen and oxygen atoms in total. The van der Waals surface area contributed by atoms with Gasteiger partial charge >= 0.3 is 23.9 Å². The molecule has 0 saturated heterocycles. The van der Waals surface area contributed by atoms with E-state index in [0.29, 0.717) is 33.0 Å². The van der Waals surface area contributed by atoms with Gasteiger partial charge in [-0.25, -0.2) is 0 Å². The molecule has 0 aliphatic carbocycles. The van der Waals surface area contributed by atoms with Crippen LogP contribution in [0.25, 0.3) is 0 Å². The number of hydrogen-bond donors (Lipinski definition) is 2. The molecule has 0 bridgehead atoms. The summed E-state index contributed by atoms with van der Waals surface area (Å²) < 4.78 is 23.4. The second-order valence-corrected chi connectivity index (χ2v) is 34.3. The third-order valence-electron chi connectivity index (χ3n) is 23.5. The van der Waals surface area contributed by atoms with Gasteiger partial charge in [0, 0.05) is 13.2 Å². The molecular formula is C99H196N2O10. The summed E-state index contributed by atoms with van der Waals surface area (Å²) in [6.07, 6.45) is 83.2. The van der Waals surface area contributed by atoms with Gasteiger partial charge in [0.15, 0.2) is 0 Å². The highest BCUT2D eigenvalue weighted by molar-refractivity contribution is 5.73. The average molecular weight is 1570 g/mol. The minimum absolute atomic E-state index is 0.0581. The maximum absolute atomic E-state index is 13.0. The zero-order chi connectivity index (χ0) is 81.3. The Hall–Kier alpha value is -2.28. The van der Waals surface area contributed by atoms with Crippen LogP contribution in [0.4, 0.5) is 0 Å². The van der Waals surface area contributed by atoms with E-state index >= 15 is 0 Å². The Morgan fingerprint density at radius 3 is 0.505 bits per heavy atom. The number of rotatable bonds is 91. The molecule has 0 radical (unpaired) electrons. The highest BCUT2D eigenvalue weighted by atomic mass is 16.5. The van der Waals surface area contributed by atoms with E-state index in [4.69, 9.17) is 18.9 Å². The molecule has 0 aliphatic rings. The Balaban J connectivity index is 0. The molecule has 4 unspecified atom stereocenters. The number of carbonyl (C=O) groups is 4. The van der Waals surface area contributed by atoms with Crippen LogP contribution in [-0.2, 0) is 38.1 Å². The average Bonchev–Trinajstić information content (AvgIpc) is 0.992. The maximum Gasteiger partial charge on any atom is 0.308 e. The second-order valence-electron chi connectivity index (χ2n) is 34.3. The minimum Gasteiger partial charge on any atom is -0.465 e. The minimum atomic E-state index is 0.0581. The molecule has 111 heavy (non-hydrogen) atoms. The summed E-state index contributed by atoms with van der Waals surface area (Å²) in [5, 5.41) is 18.4. The van der Waals surface area contributed by atoms with Gasteiger partial charge < -0.3 is 39.0 Å². The lowest BCUT2D eigenvalue weighted by Gasteiger charge is -2.22. The molecule has 0 aliphatic heterocycles. The summed E-state index contributed by atoms with van der Waals surface area (Å²) in [6, 6.07) is 0. The van der Waals surface area contributed by atoms with E-state index in [2.05, 4.69) is 65.2 Å². The molecule has 0 amide bonds. The van der Waals surface area contributed by atoms with Crippen LogP contribution in [0.2, 0.25) is 0 Å². The first-order valence-electron chi connectivity index (χ1n) is 49.9. The van der Waals surface area contributed by atoms with E-state index in [1.807, 2.05) is 0 Å². The van der Waals surface area contributed by atoms with Crippen LogP contribution in [-0.4, -0.2) is 123 Å². The van der Waals surface area contributed by atoms with Crippen LogP contribution >= 0.6 is 0 Å². The maximum atomic E-state index is 13.0. The van der Waals surface area contributed by atoms with Gasteiger partial charge in [0.05, 0.1) is 50.1 Å². The van der Waals surface area contributed by atoms with Crippen molar-refractivity contribution >= 4 is 23.9 Å². The van der Waals surface area contributed by atoms with Gasteiger partial charge in [0.2, 0.25) is 0 Å². The third-order valence-corrected chi connectivity index (χ3v) is 23.5. The first kappa shape index (κ1) is 111. The van der Waals surface area contributed by atoms with Crippen LogP contribution in [0.1, 0.15) is 511 Å². The first-order valence-corrected chi connectivity index (χ1v) is 49.9. The van der Waals surface area contributed by atoms with Crippen molar-refractivity contribution in [3.63, 3.8) is 0 Å². The number of esters is 4. The summed E-state index contributed by atoms with van der Waals surface area (Å²) >= 11 is 0. The zero-order valence-electron chi connectivity index (χ0n) is 76.1. The predicted octanol–water partition coefficient (Wildman–Crippen LogP) is 29.1. The van der Waals surface area contributed by atoms with Crippen LogP contribution in [0.3, 0.4) is 0 Å². The lowest BCUT2D eigenvalue weighted by Crippen LogP contribution is -2.27. The zero-order valence-corrected chi connectivity index (χ0v) is 76.1. The fraction of sp³-hybridized carbons (Fsp3) is 0.960. The van der Waals surface area contributed by atoms with Gasteiger partial charge in [-0.1, -0.05) is 376 Å². The number of nitrogens with zero attached hydrogens (tertiary/aromatic N) is 2. The fourth-order valence-electron chi connectivity index (χ4n) is 15.9. The summed E-state index contributed by atoms with van der Waals surface area (Å²) in [6.45, 7) is 27.6. The molecule has 0 fully saturated rings. The summed E-state index contributed by atoms with van der Waals surface area (Å²) in [5.74, 6) is 0.610. The van der Waals surface area contributed by atoms with E-state index in [0.717, 1.165) is 225 Å². The van der Waals surface area contributed by atoms with Crippen LogP contribution < -0.4 is 0 Å². The molecule has 4 atom stereocenters. The van der Waals surface area contributed by atoms with E-state index in [-0.39, 0.29) is 54.2 Å². The molecule has 662 valence electrons. The van der Waals surface area contributed by atoms with Crippen molar-refractivity contribution in [2.45, 2.75) is 511 Å². The largest absolute Gasteiger partial charge is 0.465 e. The SMILES string of the molecule is CCCCCCCCC(CCCCCC)C(=O)OCCCCCCN(CCCCCCO)CCCCCCOC(=O)C(CCCCCC)CCCCCCCC.CCCCCCCCC(CCCCCC)C(=O)OCCCCCCN(CCCCCO)CCCCCCOC(=O)C(CCCCCC)CCCCCCCC. The molecule has 0 rings (SSSR count). The summed E-state index contributed by atoms with van der Waals surface area (Å²) in [7, 11) is 0. The Labute approximate surface area is 692 Å². The molecule has 0 spiro atoms. The molecule has 0 aromatic carbocycles. The molecule has 0 aromatic rings. The highest BCUT2D eigenvalue weighted by Gasteiger charge is 2.24. The molecular weight excluding hydrogens is 1380 g/mol. The van der Waals surface area contributed by atoms with Crippen molar-refractivity contribution < 1.29 is 48.3 Å². The molecule has 0 saturated carbocycles. The van der Waals surface area contributed by atoms with Gasteiger partial charge in [-0.2, -0.15) is 0 Å². The van der Waals surface area contributed by atoms with Gasteiger partial charge in [0.1, 0.15) is 0 Å². The summed E-state index contributed by atoms with van der Waals surface area (Å²) in [5.41, 5.74) is 0. The van der Waals surface area contributed by atoms with Crippen LogP contribution in [0.5, 0.6) is 0 Å². The number of ether oxygens (including phenoxy) is 4. The Bertz CT molecular complexity index is 1740. The monoisotopic (exact) mass is 1570 g/mol. The highest BCUT2D eigenvalue weighted by Crippen LogP contribution is 2.26. The van der Waals surface area contributed by atoms with Crippen molar-refractivity contribution in [1.82, 2.24) is 9.80 Å². The van der Waals surface area contributed by atoms with Crippen LogP contribution in [0, 0.1) is 23.7 Å². The van der Waals surface area contributed by atoms with Gasteiger partial charge in [0.25, 0.3) is 0 Å². The molecule has 2 N–H and O–H groups in total. The van der Waals surface area contributed by atoms with Gasteiger partial charge in [-0.3, -0.25) is 19.2 Å². The summed E-state index contributed by atoms with van der Waals surface area (Å²) in [4.78, 5) is 57.3. The standard InChI is InChI=1S/C50H99NO5.C49H97NO5/c1-5-9-13-17-19-29-39-47(37-27-15-11-7-3)49(53)55-45-35-25-22-32-42-51(41-31-21-24-34-44-52)43-33-23-26-36-46-56-50(54)48(38-28-16-12-8-4)40-30-20-18-14-10-6-2;1-5-9-13-17-19-28-38-46(36-26-15-11-7-3)48(52)54-44-34-23-21-30-40-50(42-32-25-33-43-51)41-31-22-24-35-45-55-49(53)47(37-27-16-12-8-4)39-29-20-18-14-10-6-2/h47-48,52H,5-46H2,1-4H3;46-47,51H,5-45H2,1-4H3. The lowest BCUT2D eigenvalue weighted by molar-refractivity contribution is -0.150. The molecule has 12 heteroatoms. The van der Waals surface area contributed by atoms with Crippen LogP contribution in [0.15, 0.2) is 0 Å². The van der Waals surface area contributed by atoms with E-state index in [9.17, 15) is 29.4 Å². The van der Waals surface area contributed by atoms with Crippen molar-refractivity contribution in [3.05, 3.63) is 0 Å². The Morgan fingerprint density at radius 2 is 0.324 bits per heavy atom. The number of aliphatic hydroxyl groups excluding tert-OH is 2. The van der Waals surface area contributed by atoms with Crippen molar-refractivity contribution in [3.8, 4) is 0 Å². The topological polar surface area (TPSA) is 152 Å². The Kier molecular flexibility index (Phi) is 93.0. The quantitative estimate of drug-likeness (QED) is 0.0339. The number of aliphatic hydroxyl groups is 2. The first-order chi connectivity index (χ1) is 54.6. The van der Waals surface area contributed by atoms with E-state index in [1.165, 1.54) is 270 Å².